The van der Waals surface area contributed by atoms with E-state index in [2.05, 4.69) is 21.2 Å². The number of hydrogen-bond donors (Lipinski definition) is 2. The molecule has 0 fully saturated rings. The Kier molecular flexibility index (Phi) is 5.34. The van der Waals surface area contributed by atoms with E-state index in [1.54, 1.807) is 13.0 Å². The highest BCUT2D eigenvalue weighted by molar-refractivity contribution is 9.10. The first-order valence-corrected chi connectivity index (χ1v) is 6.48. The number of carboxylic acids is 1. The summed E-state index contributed by atoms with van der Waals surface area (Å²) in [6.45, 7) is 3.66. The first-order chi connectivity index (χ1) is 8.40. The number of carbonyl (C=O) groups is 2. The lowest BCUT2D eigenvalue weighted by Gasteiger charge is -2.14. The lowest BCUT2D eigenvalue weighted by molar-refractivity contribution is -0.137. The molecule has 0 aromatic heterocycles. The number of carbonyl (C=O) groups excluding carboxylic acids is 1. The first kappa shape index (κ1) is 14.7. The summed E-state index contributed by atoms with van der Waals surface area (Å²) in [7, 11) is 0. The molecule has 1 atom stereocenters. The number of rotatable bonds is 5. The van der Waals surface area contributed by atoms with E-state index in [1.807, 2.05) is 19.1 Å². The van der Waals surface area contributed by atoms with Crippen LogP contribution in [0.3, 0.4) is 0 Å². The van der Waals surface area contributed by atoms with Crippen LogP contribution in [0.4, 0.5) is 0 Å². The maximum Gasteiger partial charge on any atom is 0.303 e. The van der Waals surface area contributed by atoms with Gasteiger partial charge in [-0.2, -0.15) is 0 Å². The van der Waals surface area contributed by atoms with Gasteiger partial charge in [0.25, 0.3) is 5.91 Å². The van der Waals surface area contributed by atoms with Crippen LogP contribution in [0.15, 0.2) is 22.7 Å². The molecule has 2 N–H and O–H groups in total. The average Bonchev–Trinajstić information content (AvgIpc) is 2.29. The van der Waals surface area contributed by atoms with Crippen molar-refractivity contribution in [1.29, 1.82) is 0 Å². The zero-order valence-electron chi connectivity index (χ0n) is 10.4. The SMILES string of the molecule is Cc1ccc(Br)cc1C(=O)NC(C)CCC(=O)O. The summed E-state index contributed by atoms with van der Waals surface area (Å²) in [6, 6.07) is 5.34. The number of carboxylic acid groups (broad SMARTS) is 1. The van der Waals surface area contributed by atoms with Crippen LogP contribution >= 0.6 is 15.9 Å². The molecule has 0 heterocycles. The first-order valence-electron chi connectivity index (χ1n) is 5.69. The van der Waals surface area contributed by atoms with Crippen LogP contribution in [0.2, 0.25) is 0 Å². The summed E-state index contributed by atoms with van der Waals surface area (Å²) in [6.07, 6.45) is 0.479. The van der Waals surface area contributed by atoms with Gasteiger partial charge in [0.2, 0.25) is 0 Å². The van der Waals surface area contributed by atoms with Gasteiger partial charge in [-0.15, -0.1) is 0 Å². The third-order valence-electron chi connectivity index (χ3n) is 2.61. The average molecular weight is 314 g/mol. The predicted octanol–water partition coefficient (Wildman–Crippen LogP) is 2.74. The van der Waals surface area contributed by atoms with Gasteiger partial charge in [-0.05, 0) is 38.0 Å². The summed E-state index contributed by atoms with van der Waals surface area (Å²) in [5, 5.41) is 11.4. The van der Waals surface area contributed by atoms with Crippen LogP contribution in [0.1, 0.15) is 35.7 Å². The Bertz CT molecular complexity index is 460. The van der Waals surface area contributed by atoms with Gasteiger partial charge in [0.05, 0.1) is 0 Å². The van der Waals surface area contributed by atoms with Gasteiger partial charge in [0.1, 0.15) is 0 Å². The molecular formula is C13H16BrNO3. The quantitative estimate of drug-likeness (QED) is 0.878. The fourth-order valence-corrected chi connectivity index (χ4v) is 1.91. The van der Waals surface area contributed by atoms with E-state index in [9.17, 15) is 9.59 Å². The summed E-state index contributed by atoms with van der Waals surface area (Å²) in [5.41, 5.74) is 1.49. The maximum atomic E-state index is 12.0. The van der Waals surface area contributed by atoms with Gasteiger partial charge in [0, 0.05) is 22.5 Å². The number of aryl methyl sites for hydroxylation is 1. The van der Waals surface area contributed by atoms with Gasteiger partial charge in [-0.1, -0.05) is 22.0 Å². The summed E-state index contributed by atoms with van der Waals surface area (Å²) in [5.74, 6) is -1.03. The Morgan fingerprint density at radius 1 is 1.44 bits per heavy atom. The number of nitrogens with one attached hydrogen (secondary N) is 1. The zero-order chi connectivity index (χ0) is 13.7. The van der Waals surface area contributed by atoms with Crippen molar-refractivity contribution in [2.24, 2.45) is 0 Å². The Balaban J connectivity index is 2.64. The topological polar surface area (TPSA) is 66.4 Å². The van der Waals surface area contributed by atoms with E-state index >= 15 is 0 Å². The van der Waals surface area contributed by atoms with Crippen LogP contribution in [0, 0.1) is 6.92 Å². The van der Waals surface area contributed by atoms with E-state index in [4.69, 9.17) is 5.11 Å². The monoisotopic (exact) mass is 313 g/mol. The molecule has 98 valence electrons. The summed E-state index contributed by atoms with van der Waals surface area (Å²) in [4.78, 5) is 22.4. The fraction of sp³-hybridized carbons (Fsp3) is 0.385. The van der Waals surface area contributed by atoms with E-state index < -0.39 is 5.97 Å². The van der Waals surface area contributed by atoms with Crippen LogP contribution in [0.25, 0.3) is 0 Å². The van der Waals surface area contributed by atoms with E-state index in [1.165, 1.54) is 0 Å². The van der Waals surface area contributed by atoms with Crippen molar-refractivity contribution in [3.63, 3.8) is 0 Å². The lowest BCUT2D eigenvalue weighted by Crippen LogP contribution is -2.33. The minimum Gasteiger partial charge on any atom is -0.481 e. The van der Waals surface area contributed by atoms with Gasteiger partial charge < -0.3 is 10.4 Å². The minimum atomic E-state index is -0.852. The number of benzene rings is 1. The van der Waals surface area contributed by atoms with Crippen LogP contribution in [0.5, 0.6) is 0 Å². The largest absolute Gasteiger partial charge is 0.481 e. The molecule has 0 saturated heterocycles. The molecular weight excluding hydrogens is 298 g/mol. The second-order valence-electron chi connectivity index (χ2n) is 4.27. The van der Waals surface area contributed by atoms with Crippen LogP contribution < -0.4 is 5.32 Å². The summed E-state index contributed by atoms with van der Waals surface area (Å²) < 4.78 is 0.844. The van der Waals surface area contributed by atoms with E-state index in [-0.39, 0.29) is 18.4 Å². The van der Waals surface area contributed by atoms with Crippen molar-refractivity contribution in [3.05, 3.63) is 33.8 Å². The summed E-state index contributed by atoms with van der Waals surface area (Å²) >= 11 is 3.32. The molecule has 0 spiro atoms. The van der Waals surface area contributed by atoms with Gasteiger partial charge in [-0.25, -0.2) is 0 Å². The van der Waals surface area contributed by atoms with Crippen molar-refractivity contribution in [2.75, 3.05) is 0 Å². The minimum absolute atomic E-state index is 0.0545. The molecule has 0 aliphatic heterocycles. The standard InChI is InChI=1S/C13H16BrNO3/c1-8-3-5-10(14)7-11(8)13(18)15-9(2)4-6-12(16)17/h3,5,7,9H,4,6H2,1-2H3,(H,15,18)(H,16,17). The highest BCUT2D eigenvalue weighted by Crippen LogP contribution is 2.16. The number of halogens is 1. The molecule has 1 amide bonds. The molecule has 5 heteroatoms. The highest BCUT2D eigenvalue weighted by atomic mass is 79.9. The molecule has 0 saturated carbocycles. The van der Waals surface area contributed by atoms with Crippen molar-refractivity contribution in [3.8, 4) is 0 Å². The fourth-order valence-electron chi connectivity index (χ4n) is 1.55. The lowest BCUT2D eigenvalue weighted by atomic mass is 10.1. The Hall–Kier alpha value is -1.36. The maximum absolute atomic E-state index is 12.0. The normalized spacial score (nSPS) is 11.9. The second-order valence-corrected chi connectivity index (χ2v) is 5.18. The highest BCUT2D eigenvalue weighted by Gasteiger charge is 2.13. The van der Waals surface area contributed by atoms with E-state index in [0.29, 0.717) is 12.0 Å². The predicted molar refractivity (Wildman–Crippen MR) is 72.7 cm³/mol. The molecule has 1 rings (SSSR count). The van der Waals surface area contributed by atoms with E-state index in [0.717, 1.165) is 10.0 Å². The molecule has 0 aliphatic carbocycles. The van der Waals surface area contributed by atoms with Crippen molar-refractivity contribution < 1.29 is 14.7 Å². The molecule has 1 unspecified atom stereocenters. The second kappa shape index (κ2) is 6.54. The number of hydrogen-bond acceptors (Lipinski definition) is 2. The Labute approximate surface area is 115 Å². The van der Waals surface area contributed by atoms with Crippen molar-refractivity contribution in [2.45, 2.75) is 32.7 Å². The van der Waals surface area contributed by atoms with Gasteiger partial charge in [0.15, 0.2) is 0 Å². The van der Waals surface area contributed by atoms with Gasteiger partial charge >= 0.3 is 5.97 Å². The smallest absolute Gasteiger partial charge is 0.303 e. The van der Waals surface area contributed by atoms with Crippen molar-refractivity contribution >= 4 is 27.8 Å². The molecule has 1 aromatic rings. The molecule has 0 radical (unpaired) electrons. The number of aliphatic carboxylic acids is 1. The Morgan fingerprint density at radius 2 is 2.11 bits per heavy atom. The zero-order valence-corrected chi connectivity index (χ0v) is 12.0. The molecule has 1 aromatic carbocycles. The molecule has 0 aliphatic rings. The van der Waals surface area contributed by atoms with Crippen LogP contribution in [-0.2, 0) is 4.79 Å². The molecule has 18 heavy (non-hydrogen) atoms. The van der Waals surface area contributed by atoms with Gasteiger partial charge in [-0.3, -0.25) is 9.59 Å². The molecule has 0 bridgehead atoms. The Morgan fingerprint density at radius 3 is 2.72 bits per heavy atom. The number of amides is 1. The van der Waals surface area contributed by atoms with Crippen molar-refractivity contribution in [1.82, 2.24) is 5.32 Å². The molecule has 4 nitrogen and oxygen atoms in total. The third-order valence-corrected chi connectivity index (χ3v) is 3.11. The third kappa shape index (κ3) is 4.49. The van der Waals surface area contributed by atoms with Crippen LogP contribution in [-0.4, -0.2) is 23.0 Å².